The highest BCUT2D eigenvalue weighted by Gasteiger charge is 2.29. The third-order valence-corrected chi connectivity index (χ3v) is 7.41. The van der Waals surface area contributed by atoms with E-state index in [1.807, 2.05) is 9.80 Å². The van der Waals surface area contributed by atoms with Crippen LogP contribution in [0.5, 0.6) is 11.5 Å². The molecule has 2 aliphatic heterocycles. The average Bonchev–Trinajstić information content (AvgIpc) is 2.94. The quantitative estimate of drug-likeness (QED) is 0.205. The van der Waals surface area contributed by atoms with Crippen molar-refractivity contribution in [1.29, 1.82) is 0 Å². The molecule has 0 aliphatic carbocycles. The topological polar surface area (TPSA) is 220 Å². The molecule has 0 saturated carbocycles. The lowest BCUT2D eigenvalue weighted by Crippen LogP contribution is -2.54. The number of nitrogens with zero attached hydrogens (tertiary/aromatic N) is 5. The molecule has 14 nitrogen and oxygen atoms in total. The fraction of sp³-hybridized carbons (Fsp3) is 0.429. The van der Waals surface area contributed by atoms with Gasteiger partial charge in [-0.15, -0.1) is 0 Å². The first-order valence-corrected chi connectivity index (χ1v) is 13.9. The highest BCUT2D eigenvalue weighted by Crippen LogP contribution is 2.32. The van der Waals surface area contributed by atoms with Crippen molar-refractivity contribution in [3.05, 3.63) is 47.5 Å². The van der Waals surface area contributed by atoms with Crippen molar-refractivity contribution in [2.75, 3.05) is 53.7 Å². The number of ether oxygens (including phenoxy) is 1. The number of benzene rings is 2. The second kappa shape index (κ2) is 12.3. The van der Waals surface area contributed by atoms with Crippen LogP contribution in [0, 0.1) is 6.92 Å². The smallest absolute Gasteiger partial charge is 0.259 e. The molecular weight excluding hydrogens is 538 g/mol. The van der Waals surface area contributed by atoms with Gasteiger partial charge in [0.25, 0.3) is 5.91 Å². The molecule has 0 spiro atoms. The maximum atomic E-state index is 13.2. The van der Waals surface area contributed by atoms with Crippen LogP contribution in [0.25, 0.3) is 0 Å². The van der Waals surface area contributed by atoms with Crippen LogP contribution >= 0.6 is 0 Å². The number of nitrogens with one attached hydrogen (secondary N) is 2. The molecule has 0 radical (unpaired) electrons. The van der Waals surface area contributed by atoms with Crippen molar-refractivity contribution < 1.29 is 14.6 Å². The van der Waals surface area contributed by atoms with Crippen LogP contribution in [0.3, 0.4) is 0 Å². The number of methoxy groups -OCH3 is 1. The van der Waals surface area contributed by atoms with Gasteiger partial charge in [0, 0.05) is 56.4 Å². The van der Waals surface area contributed by atoms with Crippen LogP contribution in [0.4, 0.5) is 29.2 Å². The van der Waals surface area contributed by atoms with E-state index in [9.17, 15) is 9.90 Å². The molecule has 3 aromatic rings. The zero-order valence-electron chi connectivity index (χ0n) is 23.8. The Morgan fingerprint density at radius 2 is 1.45 bits per heavy atom. The first kappa shape index (κ1) is 29.3. The predicted molar refractivity (Wildman–Crippen MR) is 162 cm³/mol. The van der Waals surface area contributed by atoms with E-state index >= 15 is 0 Å². The molecule has 1 aromatic heterocycles. The summed E-state index contributed by atoms with van der Waals surface area (Å²) >= 11 is 0. The third-order valence-electron chi connectivity index (χ3n) is 7.41. The molecule has 42 heavy (non-hydrogen) atoms. The van der Waals surface area contributed by atoms with E-state index < -0.39 is 5.91 Å². The van der Waals surface area contributed by atoms with Gasteiger partial charge in [0.1, 0.15) is 11.5 Å². The van der Waals surface area contributed by atoms with Gasteiger partial charge < -0.3 is 53.2 Å². The minimum absolute atomic E-state index is 0.0827. The van der Waals surface area contributed by atoms with Crippen molar-refractivity contribution in [3.63, 3.8) is 0 Å². The molecule has 1 amide bonds. The first-order valence-electron chi connectivity index (χ1n) is 13.9. The van der Waals surface area contributed by atoms with Crippen molar-refractivity contribution in [1.82, 2.24) is 15.0 Å². The molecule has 2 fully saturated rings. The summed E-state index contributed by atoms with van der Waals surface area (Å²) in [5.41, 5.74) is 26.7. The van der Waals surface area contributed by atoms with Gasteiger partial charge in [0.15, 0.2) is 0 Å². The number of para-hydroxylation sites is 1. The number of carbonyl (C=O) groups excluding carboxylic acids is 1. The maximum Gasteiger partial charge on any atom is 0.259 e. The van der Waals surface area contributed by atoms with Crippen LogP contribution in [0.1, 0.15) is 28.8 Å². The second-order valence-corrected chi connectivity index (χ2v) is 11.0. The Hall–Kier alpha value is -4.24. The molecule has 3 heterocycles. The van der Waals surface area contributed by atoms with Crippen molar-refractivity contribution in [2.45, 2.75) is 43.9 Å². The minimum atomic E-state index is -0.478. The lowest BCUT2D eigenvalue weighted by atomic mass is 10.0. The number of aromatic nitrogens is 3. The highest BCUT2D eigenvalue weighted by molar-refractivity contribution is 6.08. The van der Waals surface area contributed by atoms with Gasteiger partial charge >= 0.3 is 0 Å². The van der Waals surface area contributed by atoms with Gasteiger partial charge in [-0.2, -0.15) is 15.0 Å². The van der Waals surface area contributed by atoms with Gasteiger partial charge in [-0.1, -0.05) is 12.1 Å². The third kappa shape index (κ3) is 6.62. The number of hydrogen-bond donors (Lipinski definition) is 7. The number of carbonyl (C=O) groups is 1. The molecule has 2 aliphatic rings. The number of amides is 1. The monoisotopic (exact) mass is 577 g/mol. The molecule has 11 N–H and O–H groups in total. The normalized spacial score (nSPS) is 22.5. The fourth-order valence-electron chi connectivity index (χ4n) is 5.39. The van der Waals surface area contributed by atoms with E-state index in [0.29, 0.717) is 73.6 Å². The van der Waals surface area contributed by atoms with Crippen LogP contribution < -0.4 is 48.1 Å². The molecule has 4 atom stereocenters. The van der Waals surface area contributed by atoms with Crippen molar-refractivity contribution in [2.24, 2.45) is 22.9 Å². The Labute approximate surface area is 244 Å². The van der Waals surface area contributed by atoms with Crippen LogP contribution in [-0.4, -0.2) is 83.4 Å². The number of aromatic hydroxyl groups is 1. The van der Waals surface area contributed by atoms with E-state index in [-0.39, 0.29) is 41.4 Å². The molecule has 2 saturated heterocycles. The molecule has 2 aromatic carbocycles. The largest absolute Gasteiger partial charge is 0.507 e. The van der Waals surface area contributed by atoms with Gasteiger partial charge in [-0.25, -0.2) is 0 Å². The van der Waals surface area contributed by atoms with Crippen LogP contribution in [-0.2, 0) is 0 Å². The number of rotatable bonds is 7. The minimum Gasteiger partial charge on any atom is -0.507 e. The Bertz CT molecular complexity index is 1370. The predicted octanol–water partition coefficient (Wildman–Crippen LogP) is 0.620. The maximum absolute atomic E-state index is 13.2. The van der Waals surface area contributed by atoms with E-state index in [2.05, 4.69) is 10.6 Å². The van der Waals surface area contributed by atoms with E-state index in [0.717, 1.165) is 0 Å². The lowest BCUT2D eigenvalue weighted by Gasteiger charge is -2.37. The zero-order valence-corrected chi connectivity index (χ0v) is 23.8. The van der Waals surface area contributed by atoms with E-state index in [1.165, 1.54) is 0 Å². The van der Waals surface area contributed by atoms with Gasteiger partial charge in [-0.3, -0.25) is 4.79 Å². The summed E-state index contributed by atoms with van der Waals surface area (Å²) in [7, 11) is 1.55. The van der Waals surface area contributed by atoms with Gasteiger partial charge in [-0.05, 0) is 43.5 Å². The number of phenols is 1. The summed E-state index contributed by atoms with van der Waals surface area (Å²) in [4.78, 5) is 31.3. The van der Waals surface area contributed by atoms with Crippen LogP contribution in [0.2, 0.25) is 0 Å². The van der Waals surface area contributed by atoms with E-state index in [1.54, 1.807) is 50.4 Å². The zero-order chi connectivity index (χ0) is 30.0. The van der Waals surface area contributed by atoms with Gasteiger partial charge in [0.05, 0.1) is 24.0 Å². The molecule has 14 heteroatoms. The average molecular weight is 578 g/mol. The van der Waals surface area contributed by atoms with Gasteiger partial charge in [0.2, 0.25) is 17.8 Å². The summed E-state index contributed by atoms with van der Waals surface area (Å²) in [5, 5.41) is 16.6. The summed E-state index contributed by atoms with van der Waals surface area (Å²) in [6.45, 7) is 3.88. The summed E-state index contributed by atoms with van der Waals surface area (Å²) in [6.07, 6.45) is 1.41. The first-order chi connectivity index (χ1) is 20.1. The Kier molecular flexibility index (Phi) is 8.59. The number of anilines is 5. The Balaban J connectivity index is 1.51. The summed E-state index contributed by atoms with van der Waals surface area (Å²) < 4.78 is 5.44. The lowest BCUT2D eigenvalue weighted by molar-refractivity contribution is 0.102. The highest BCUT2D eigenvalue weighted by atomic mass is 16.5. The number of phenolic OH excluding ortho intramolecular Hbond substituents is 1. The van der Waals surface area contributed by atoms with E-state index in [4.69, 9.17) is 42.6 Å². The van der Waals surface area contributed by atoms with Crippen molar-refractivity contribution >= 4 is 35.1 Å². The molecular formula is C28H39N11O3. The molecule has 0 bridgehead atoms. The fourth-order valence-corrected chi connectivity index (χ4v) is 5.39. The second-order valence-electron chi connectivity index (χ2n) is 11.0. The Morgan fingerprint density at radius 3 is 2.00 bits per heavy atom. The molecule has 224 valence electrons. The van der Waals surface area contributed by atoms with Crippen molar-refractivity contribution in [3.8, 4) is 11.5 Å². The summed E-state index contributed by atoms with van der Waals surface area (Å²) in [5.74, 6) is 1.05. The van der Waals surface area contributed by atoms with Crippen LogP contribution in [0.15, 0.2) is 36.4 Å². The number of nitrogens with two attached hydrogens (primary N) is 4. The number of hydrogen-bond acceptors (Lipinski definition) is 13. The SMILES string of the molecule is COc1ccc(NC(=O)c2cccc(C)c2O)c(Nc2nc(N3C[C@H](N)C[C@H](N)C3)nc(N3C[C@H](N)C[C@H](N)C3)n2)c1. The molecule has 0 unspecified atom stereocenters. The number of aryl methyl sites for hydroxylation is 1. The standard InChI is InChI=1S/C28H39N11O3/c1-15-4-3-5-21(24(15)40)25(41)33-22-7-6-20(42-2)10-23(22)34-26-35-27(38-11-16(29)8-17(30)12-38)37-28(36-26)39-13-18(31)9-19(32)14-39/h3-7,10,16-19,40H,8-9,11-14,29-32H2,1-2H3,(H,33,41)(H,34,35,36,37)/t16-,17+,18-,19+. The molecule has 5 rings (SSSR count). The summed E-state index contributed by atoms with van der Waals surface area (Å²) in [6, 6.07) is 9.62. The number of piperidine rings is 2. The Morgan fingerprint density at radius 1 is 0.881 bits per heavy atom.